The quantitative estimate of drug-likeness (QED) is 0.777. The highest BCUT2D eigenvalue weighted by Gasteiger charge is 2.35. The van der Waals surface area contributed by atoms with Crippen molar-refractivity contribution in [3.05, 3.63) is 57.3 Å². The summed E-state index contributed by atoms with van der Waals surface area (Å²) >= 11 is 0. The molecule has 0 spiro atoms. The molecule has 2 bridgehead atoms. The fourth-order valence-corrected chi connectivity index (χ4v) is 4.26. The maximum atomic E-state index is 12.4. The Morgan fingerprint density at radius 2 is 2.04 bits per heavy atom. The normalized spacial score (nSPS) is 23.6. The third-order valence-corrected chi connectivity index (χ3v) is 5.65. The van der Waals surface area contributed by atoms with Crippen molar-refractivity contribution < 1.29 is 4.79 Å². The van der Waals surface area contributed by atoms with E-state index in [9.17, 15) is 14.4 Å². The van der Waals surface area contributed by atoms with Crippen molar-refractivity contribution in [2.24, 2.45) is 17.8 Å². The Morgan fingerprint density at radius 1 is 1.19 bits per heavy atom. The van der Waals surface area contributed by atoms with Crippen LogP contribution in [-0.4, -0.2) is 22.0 Å². The summed E-state index contributed by atoms with van der Waals surface area (Å²) in [5.41, 5.74) is -0.196. The standard InChI is InChI=1S/C20H23N3O3/c24-18(21-12-15-11-13-7-8-14(15)10-13)6-3-9-23-19(25)16-4-1-2-5-17(16)22-20(23)26/h1-2,4-5,7-8,13-15H,3,6,9-12H2,(H,21,24)(H,22,26). The number of aromatic nitrogens is 2. The Balaban J connectivity index is 1.31. The lowest BCUT2D eigenvalue weighted by Gasteiger charge is -2.18. The maximum Gasteiger partial charge on any atom is 0.328 e. The van der Waals surface area contributed by atoms with Gasteiger partial charge < -0.3 is 10.3 Å². The average Bonchev–Trinajstić information content (AvgIpc) is 3.26. The molecule has 6 nitrogen and oxygen atoms in total. The Labute approximate surface area is 150 Å². The van der Waals surface area contributed by atoms with E-state index >= 15 is 0 Å². The smallest absolute Gasteiger partial charge is 0.328 e. The Kier molecular flexibility index (Phi) is 4.49. The van der Waals surface area contributed by atoms with Crippen LogP contribution in [0.3, 0.4) is 0 Å². The highest BCUT2D eigenvalue weighted by Crippen LogP contribution is 2.42. The molecule has 0 radical (unpaired) electrons. The SMILES string of the molecule is O=C(CCCn1c(=O)[nH]c2ccccc2c1=O)NCC1CC2C=CC1C2. The van der Waals surface area contributed by atoms with E-state index in [1.54, 1.807) is 24.3 Å². The first-order valence-electron chi connectivity index (χ1n) is 9.28. The molecule has 2 aromatic rings. The fraction of sp³-hybridized carbons (Fsp3) is 0.450. The number of hydrogen-bond acceptors (Lipinski definition) is 3. The molecule has 1 saturated carbocycles. The van der Waals surface area contributed by atoms with Crippen LogP contribution in [0.15, 0.2) is 46.0 Å². The number of rotatable bonds is 6. The number of benzene rings is 1. The minimum atomic E-state index is -0.428. The van der Waals surface area contributed by atoms with Crippen LogP contribution in [0.4, 0.5) is 0 Å². The molecule has 136 valence electrons. The number of nitrogens with zero attached hydrogens (tertiary/aromatic N) is 1. The summed E-state index contributed by atoms with van der Waals surface area (Å²) < 4.78 is 1.18. The number of amides is 1. The highest BCUT2D eigenvalue weighted by atomic mass is 16.2. The molecule has 1 aromatic carbocycles. The van der Waals surface area contributed by atoms with Crippen LogP contribution in [0.2, 0.25) is 0 Å². The molecule has 0 saturated heterocycles. The number of allylic oxidation sites excluding steroid dienone is 2. The molecule has 2 aliphatic rings. The number of fused-ring (bicyclic) bond motifs is 3. The van der Waals surface area contributed by atoms with E-state index in [1.165, 1.54) is 17.4 Å². The van der Waals surface area contributed by atoms with Crippen LogP contribution in [-0.2, 0) is 11.3 Å². The van der Waals surface area contributed by atoms with Gasteiger partial charge in [0.25, 0.3) is 5.56 Å². The predicted octanol–water partition coefficient (Wildman–Crippen LogP) is 1.80. The van der Waals surface area contributed by atoms with E-state index in [2.05, 4.69) is 22.5 Å². The van der Waals surface area contributed by atoms with Crippen LogP contribution in [0.1, 0.15) is 25.7 Å². The molecule has 6 heteroatoms. The van der Waals surface area contributed by atoms with Crippen molar-refractivity contribution in [3.63, 3.8) is 0 Å². The van der Waals surface area contributed by atoms with Crippen LogP contribution in [0.25, 0.3) is 10.9 Å². The molecule has 1 amide bonds. The van der Waals surface area contributed by atoms with Gasteiger partial charge in [0, 0.05) is 19.5 Å². The third-order valence-electron chi connectivity index (χ3n) is 5.65. The summed E-state index contributed by atoms with van der Waals surface area (Å²) in [5, 5.41) is 3.50. The number of carbonyl (C=O) groups is 1. The number of hydrogen-bond donors (Lipinski definition) is 2. The second kappa shape index (κ2) is 6.94. The number of H-pyrrole nitrogens is 1. The average molecular weight is 353 g/mol. The molecule has 26 heavy (non-hydrogen) atoms. The lowest BCUT2D eigenvalue weighted by molar-refractivity contribution is -0.121. The molecular formula is C20H23N3O3. The van der Waals surface area contributed by atoms with Gasteiger partial charge in [0.2, 0.25) is 5.91 Å². The highest BCUT2D eigenvalue weighted by molar-refractivity contribution is 5.77. The topological polar surface area (TPSA) is 84.0 Å². The van der Waals surface area contributed by atoms with Crippen LogP contribution in [0.5, 0.6) is 0 Å². The summed E-state index contributed by atoms with van der Waals surface area (Å²) in [6.45, 7) is 0.962. The van der Waals surface area contributed by atoms with Gasteiger partial charge in [-0.25, -0.2) is 4.79 Å². The zero-order valence-corrected chi connectivity index (χ0v) is 14.6. The van der Waals surface area contributed by atoms with Crippen molar-refractivity contribution in [2.45, 2.75) is 32.2 Å². The van der Waals surface area contributed by atoms with Gasteiger partial charge in [0.15, 0.2) is 0 Å². The lowest BCUT2D eigenvalue weighted by atomic mass is 9.93. The number of para-hydroxylation sites is 1. The minimum Gasteiger partial charge on any atom is -0.356 e. The van der Waals surface area contributed by atoms with E-state index in [0.29, 0.717) is 41.5 Å². The van der Waals surface area contributed by atoms with E-state index in [-0.39, 0.29) is 18.0 Å². The first kappa shape index (κ1) is 16.8. The Hall–Kier alpha value is -2.63. The van der Waals surface area contributed by atoms with Gasteiger partial charge >= 0.3 is 5.69 Å². The van der Waals surface area contributed by atoms with E-state index in [0.717, 1.165) is 6.54 Å². The monoisotopic (exact) mass is 353 g/mol. The predicted molar refractivity (Wildman–Crippen MR) is 99.9 cm³/mol. The van der Waals surface area contributed by atoms with Crippen molar-refractivity contribution in [1.29, 1.82) is 0 Å². The van der Waals surface area contributed by atoms with Gasteiger partial charge in [-0.05, 0) is 49.1 Å². The Bertz CT molecular complexity index is 972. The zero-order valence-electron chi connectivity index (χ0n) is 14.6. The molecule has 3 atom stereocenters. The summed E-state index contributed by atoms with van der Waals surface area (Å²) in [5.74, 6) is 1.87. The largest absolute Gasteiger partial charge is 0.356 e. The molecular weight excluding hydrogens is 330 g/mol. The molecule has 1 aromatic heterocycles. The number of carbonyl (C=O) groups excluding carboxylic acids is 1. The molecule has 1 fully saturated rings. The molecule has 1 heterocycles. The lowest BCUT2D eigenvalue weighted by Crippen LogP contribution is -2.35. The zero-order chi connectivity index (χ0) is 18.1. The van der Waals surface area contributed by atoms with Gasteiger partial charge in [-0.2, -0.15) is 0 Å². The first-order chi connectivity index (χ1) is 12.6. The van der Waals surface area contributed by atoms with E-state index in [4.69, 9.17) is 0 Å². The van der Waals surface area contributed by atoms with Gasteiger partial charge in [-0.15, -0.1) is 0 Å². The van der Waals surface area contributed by atoms with Crippen LogP contribution >= 0.6 is 0 Å². The molecule has 0 aliphatic heterocycles. The fourth-order valence-electron chi connectivity index (χ4n) is 4.26. The molecule has 2 N–H and O–H groups in total. The van der Waals surface area contributed by atoms with Crippen molar-refractivity contribution in [2.75, 3.05) is 6.54 Å². The van der Waals surface area contributed by atoms with Gasteiger partial charge in [0.05, 0.1) is 10.9 Å². The number of nitrogens with one attached hydrogen (secondary N) is 2. The van der Waals surface area contributed by atoms with E-state index in [1.807, 2.05) is 0 Å². The second-order valence-corrected chi connectivity index (χ2v) is 7.38. The third kappa shape index (κ3) is 3.23. The molecule has 4 rings (SSSR count). The second-order valence-electron chi connectivity index (χ2n) is 7.38. The Morgan fingerprint density at radius 3 is 2.81 bits per heavy atom. The summed E-state index contributed by atoms with van der Waals surface area (Å²) in [6.07, 6.45) is 7.75. The summed E-state index contributed by atoms with van der Waals surface area (Å²) in [4.78, 5) is 39.3. The number of aromatic amines is 1. The molecule has 3 unspecified atom stereocenters. The molecule has 2 aliphatic carbocycles. The van der Waals surface area contributed by atoms with Crippen molar-refractivity contribution in [3.8, 4) is 0 Å². The minimum absolute atomic E-state index is 0.0120. The van der Waals surface area contributed by atoms with Crippen molar-refractivity contribution in [1.82, 2.24) is 14.9 Å². The van der Waals surface area contributed by atoms with E-state index < -0.39 is 5.69 Å². The first-order valence-corrected chi connectivity index (χ1v) is 9.28. The maximum absolute atomic E-state index is 12.4. The van der Waals surface area contributed by atoms with Gasteiger partial charge in [0.1, 0.15) is 0 Å². The summed E-state index contributed by atoms with van der Waals surface area (Å²) in [6, 6.07) is 6.95. The summed E-state index contributed by atoms with van der Waals surface area (Å²) in [7, 11) is 0. The van der Waals surface area contributed by atoms with Crippen LogP contribution in [0, 0.1) is 17.8 Å². The van der Waals surface area contributed by atoms with Crippen molar-refractivity contribution >= 4 is 16.8 Å². The van der Waals surface area contributed by atoms with Crippen LogP contribution < -0.4 is 16.6 Å². The van der Waals surface area contributed by atoms with Gasteiger partial charge in [-0.1, -0.05) is 24.3 Å². The van der Waals surface area contributed by atoms with Gasteiger partial charge in [-0.3, -0.25) is 14.2 Å².